The molecule has 30 heavy (non-hydrogen) atoms. The fraction of sp³-hybridized carbons (Fsp3) is 0.333. The number of hydrogen-bond acceptors (Lipinski definition) is 4. The van der Waals surface area contributed by atoms with Crippen LogP contribution in [-0.2, 0) is 17.8 Å². The van der Waals surface area contributed by atoms with E-state index in [1.807, 2.05) is 50.2 Å². The van der Waals surface area contributed by atoms with Gasteiger partial charge in [-0.25, -0.2) is 0 Å². The van der Waals surface area contributed by atoms with E-state index in [1.54, 1.807) is 34.3 Å². The summed E-state index contributed by atoms with van der Waals surface area (Å²) in [6.45, 7) is 4.82. The van der Waals surface area contributed by atoms with Crippen LogP contribution in [0.25, 0.3) is 0 Å². The summed E-state index contributed by atoms with van der Waals surface area (Å²) in [7, 11) is 0. The lowest BCUT2D eigenvalue weighted by Crippen LogP contribution is -2.46. The predicted octanol–water partition coefficient (Wildman–Crippen LogP) is 4.38. The average Bonchev–Trinajstić information content (AvgIpc) is 3.49. The van der Waals surface area contributed by atoms with E-state index in [2.05, 4.69) is 0 Å². The molecule has 0 saturated heterocycles. The smallest absolute Gasteiger partial charge is 0.290 e. The number of hydrogen-bond donors (Lipinski definition) is 0. The van der Waals surface area contributed by atoms with Crippen molar-refractivity contribution in [3.8, 4) is 0 Å². The zero-order valence-electron chi connectivity index (χ0n) is 17.5. The highest BCUT2D eigenvalue weighted by Gasteiger charge is 2.27. The zero-order chi connectivity index (χ0) is 21.3. The van der Waals surface area contributed by atoms with E-state index in [0.29, 0.717) is 18.8 Å². The van der Waals surface area contributed by atoms with E-state index >= 15 is 0 Å². The molecule has 3 aromatic rings. The minimum atomic E-state index is -0.274. The standard InChI is InChI=1S/C24H28N2O4/c1-3-19(2)26(24(28)22-12-8-16-30-22)18-23(27)25(17-21-11-7-15-29-21)14-13-20-9-5-4-6-10-20/h4-12,15-16,19H,3,13-14,17-18H2,1-2H3/t19-/m1/s1. The molecule has 0 N–H and O–H groups in total. The van der Waals surface area contributed by atoms with Gasteiger partial charge in [0.25, 0.3) is 5.91 Å². The van der Waals surface area contributed by atoms with Gasteiger partial charge >= 0.3 is 0 Å². The highest BCUT2D eigenvalue weighted by molar-refractivity contribution is 5.94. The van der Waals surface area contributed by atoms with Gasteiger partial charge in [-0.1, -0.05) is 37.3 Å². The Labute approximate surface area is 177 Å². The number of nitrogens with zero attached hydrogens (tertiary/aromatic N) is 2. The summed E-state index contributed by atoms with van der Waals surface area (Å²) >= 11 is 0. The minimum Gasteiger partial charge on any atom is -0.467 e. The van der Waals surface area contributed by atoms with Crippen molar-refractivity contribution in [1.29, 1.82) is 0 Å². The van der Waals surface area contributed by atoms with Crippen molar-refractivity contribution in [2.45, 2.75) is 39.3 Å². The van der Waals surface area contributed by atoms with Crippen LogP contribution in [0.15, 0.2) is 76.0 Å². The predicted molar refractivity (Wildman–Crippen MR) is 114 cm³/mol. The fourth-order valence-corrected chi connectivity index (χ4v) is 3.23. The second-order valence-corrected chi connectivity index (χ2v) is 7.30. The van der Waals surface area contributed by atoms with Gasteiger partial charge in [0.15, 0.2) is 5.76 Å². The summed E-state index contributed by atoms with van der Waals surface area (Å²) in [5, 5.41) is 0. The first-order chi connectivity index (χ1) is 14.6. The summed E-state index contributed by atoms with van der Waals surface area (Å²) < 4.78 is 10.7. The highest BCUT2D eigenvalue weighted by atomic mass is 16.3. The van der Waals surface area contributed by atoms with Gasteiger partial charge in [0.05, 0.1) is 19.1 Å². The molecule has 2 amide bonds. The number of rotatable bonds is 10. The second-order valence-electron chi connectivity index (χ2n) is 7.30. The first-order valence-electron chi connectivity index (χ1n) is 10.3. The molecule has 0 aliphatic heterocycles. The third kappa shape index (κ3) is 5.63. The number of carbonyl (C=O) groups excluding carboxylic acids is 2. The molecule has 0 unspecified atom stereocenters. The molecule has 6 nitrogen and oxygen atoms in total. The maximum Gasteiger partial charge on any atom is 0.290 e. The molecule has 0 radical (unpaired) electrons. The Hall–Kier alpha value is -3.28. The molecule has 0 saturated carbocycles. The normalized spacial score (nSPS) is 11.8. The molecule has 0 spiro atoms. The Kier molecular flexibility index (Phi) is 7.49. The summed E-state index contributed by atoms with van der Waals surface area (Å²) in [6.07, 6.45) is 4.53. The summed E-state index contributed by atoms with van der Waals surface area (Å²) in [5.74, 6) is 0.556. The van der Waals surface area contributed by atoms with Crippen LogP contribution in [0, 0.1) is 0 Å². The van der Waals surface area contributed by atoms with Gasteiger partial charge < -0.3 is 18.6 Å². The Morgan fingerprint density at radius 3 is 2.33 bits per heavy atom. The first-order valence-corrected chi connectivity index (χ1v) is 10.3. The van der Waals surface area contributed by atoms with E-state index in [4.69, 9.17) is 8.83 Å². The van der Waals surface area contributed by atoms with Crippen molar-refractivity contribution < 1.29 is 18.4 Å². The summed E-state index contributed by atoms with van der Waals surface area (Å²) in [4.78, 5) is 29.5. The maximum absolute atomic E-state index is 13.3. The molecule has 158 valence electrons. The number of carbonyl (C=O) groups is 2. The van der Waals surface area contributed by atoms with Crippen molar-refractivity contribution in [2.75, 3.05) is 13.1 Å². The largest absolute Gasteiger partial charge is 0.467 e. The highest BCUT2D eigenvalue weighted by Crippen LogP contribution is 2.14. The van der Waals surface area contributed by atoms with Gasteiger partial charge in [-0.05, 0) is 49.6 Å². The molecule has 0 aliphatic rings. The van der Waals surface area contributed by atoms with Crippen LogP contribution in [0.5, 0.6) is 0 Å². The Morgan fingerprint density at radius 1 is 0.967 bits per heavy atom. The van der Waals surface area contributed by atoms with Crippen LogP contribution in [0.2, 0.25) is 0 Å². The lowest BCUT2D eigenvalue weighted by atomic mass is 10.1. The molecule has 1 aromatic carbocycles. The van der Waals surface area contributed by atoms with E-state index in [9.17, 15) is 9.59 Å². The van der Waals surface area contributed by atoms with Crippen molar-refractivity contribution >= 4 is 11.8 Å². The number of amides is 2. The minimum absolute atomic E-state index is 0.00988. The lowest BCUT2D eigenvalue weighted by Gasteiger charge is -2.30. The number of furan rings is 2. The van der Waals surface area contributed by atoms with Gasteiger partial charge in [-0.3, -0.25) is 9.59 Å². The summed E-state index contributed by atoms with van der Waals surface area (Å²) in [5.41, 5.74) is 1.15. The average molecular weight is 408 g/mol. The molecule has 2 heterocycles. The molecule has 0 fully saturated rings. The van der Waals surface area contributed by atoms with E-state index in [1.165, 1.54) is 6.26 Å². The van der Waals surface area contributed by atoms with Crippen molar-refractivity contribution in [3.63, 3.8) is 0 Å². The zero-order valence-corrected chi connectivity index (χ0v) is 17.5. The van der Waals surface area contributed by atoms with Crippen molar-refractivity contribution in [1.82, 2.24) is 9.80 Å². The molecule has 0 aliphatic carbocycles. The second kappa shape index (κ2) is 10.5. The first kappa shape index (κ1) is 21.4. The third-order valence-corrected chi connectivity index (χ3v) is 5.21. The monoisotopic (exact) mass is 408 g/mol. The van der Waals surface area contributed by atoms with Gasteiger partial charge in [0.2, 0.25) is 5.91 Å². The topological polar surface area (TPSA) is 66.9 Å². The van der Waals surface area contributed by atoms with Gasteiger partial charge in [-0.2, -0.15) is 0 Å². The van der Waals surface area contributed by atoms with Crippen molar-refractivity contribution in [2.24, 2.45) is 0 Å². The van der Waals surface area contributed by atoms with E-state index in [-0.39, 0.29) is 30.2 Å². The van der Waals surface area contributed by atoms with Crippen LogP contribution in [0.3, 0.4) is 0 Å². The quantitative estimate of drug-likeness (QED) is 0.499. The molecule has 6 heteroatoms. The molecule has 1 atom stereocenters. The number of benzene rings is 1. The lowest BCUT2D eigenvalue weighted by molar-refractivity contribution is -0.133. The van der Waals surface area contributed by atoms with Crippen LogP contribution in [0.1, 0.15) is 42.1 Å². The van der Waals surface area contributed by atoms with Gasteiger partial charge in [-0.15, -0.1) is 0 Å². The van der Waals surface area contributed by atoms with E-state index in [0.717, 1.165) is 18.4 Å². The molecule has 0 bridgehead atoms. The van der Waals surface area contributed by atoms with Crippen LogP contribution < -0.4 is 0 Å². The van der Waals surface area contributed by atoms with Gasteiger partial charge in [0, 0.05) is 12.6 Å². The Bertz CT molecular complexity index is 904. The molecular formula is C24H28N2O4. The van der Waals surface area contributed by atoms with Crippen molar-refractivity contribution in [3.05, 3.63) is 84.2 Å². The van der Waals surface area contributed by atoms with Crippen LogP contribution in [0.4, 0.5) is 0 Å². The maximum atomic E-state index is 13.3. The molecule has 2 aromatic heterocycles. The van der Waals surface area contributed by atoms with Crippen LogP contribution in [-0.4, -0.2) is 40.7 Å². The molecular weight excluding hydrogens is 380 g/mol. The van der Waals surface area contributed by atoms with Gasteiger partial charge in [0.1, 0.15) is 12.3 Å². The Morgan fingerprint density at radius 2 is 1.70 bits per heavy atom. The third-order valence-electron chi connectivity index (χ3n) is 5.21. The SMILES string of the molecule is CC[C@@H](C)N(CC(=O)N(CCc1ccccc1)Cc1ccco1)C(=O)c1ccco1. The summed E-state index contributed by atoms with van der Waals surface area (Å²) in [6, 6.07) is 16.9. The molecule has 3 rings (SSSR count). The van der Waals surface area contributed by atoms with Crippen LogP contribution >= 0.6 is 0 Å². The van der Waals surface area contributed by atoms with E-state index < -0.39 is 0 Å². The Balaban J connectivity index is 1.74. The fourth-order valence-electron chi connectivity index (χ4n) is 3.23.